The van der Waals surface area contributed by atoms with E-state index in [9.17, 15) is 27.6 Å². The monoisotopic (exact) mass is 606 g/mol. The number of carbonyl (C=O) groups excluding carboxylic acids is 3. The van der Waals surface area contributed by atoms with Gasteiger partial charge in [-0.1, -0.05) is 23.7 Å². The molecular weight excluding hydrogens is 581 g/mol. The lowest BCUT2D eigenvalue weighted by Crippen LogP contribution is -2.42. The van der Waals surface area contributed by atoms with Crippen LogP contribution in [0.4, 0.5) is 22.8 Å². The minimum absolute atomic E-state index is 0.00578. The molecule has 0 unspecified atom stereocenters. The molecule has 0 N–H and O–H groups in total. The highest BCUT2D eigenvalue weighted by Gasteiger charge is 2.43. The number of alkyl halides is 3. The topological polar surface area (TPSA) is 84.7 Å². The number of rotatable bonds is 4. The molecule has 0 spiro atoms. The lowest BCUT2D eigenvalue weighted by Gasteiger charge is -2.25. The van der Waals surface area contributed by atoms with Gasteiger partial charge in [0.25, 0.3) is 11.1 Å². The minimum Gasteiger partial charge on any atom is -0.444 e. The summed E-state index contributed by atoms with van der Waals surface area (Å²) in [5.41, 5.74) is -0.211. The van der Waals surface area contributed by atoms with E-state index in [1.54, 1.807) is 45.0 Å². The van der Waals surface area contributed by atoms with E-state index in [0.717, 1.165) is 17.8 Å². The van der Waals surface area contributed by atoms with E-state index in [0.29, 0.717) is 29.4 Å². The second-order valence-corrected chi connectivity index (χ2v) is 12.3. The molecule has 3 aromatic rings. The van der Waals surface area contributed by atoms with Crippen LogP contribution in [0.25, 0.3) is 17.0 Å². The molecule has 3 heterocycles. The van der Waals surface area contributed by atoms with Gasteiger partial charge in [0, 0.05) is 23.5 Å². The van der Waals surface area contributed by atoms with Crippen LogP contribution in [-0.4, -0.2) is 61.6 Å². The van der Waals surface area contributed by atoms with Gasteiger partial charge in [-0.05, 0) is 80.4 Å². The van der Waals surface area contributed by atoms with Crippen molar-refractivity contribution in [2.24, 2.45) is 0 Å². The van der Waals surface area contributed by atoms with E-state index in [-0.39, 0.29) is 28.6 Å². The lowest BCUT2D eigenvalue weighted by molar-refractivity contribution is -0.138. The van der Waals surface area contributed by atoms with E-state index in [2.05, 4.69) is 5.10 Å². The molecule has 8 nitrogen and oxygen atoms in total. The first-order valence-electron chi connectivity index (χ1n) is 12.8. The van der Waals surface area contributed by atoms with Crippen molar-refractivity contribution in [1.29, 1.82) is 0 Å². The van der Waals surface area contributed by atoms with Gasteiger partial charge in [0.05, 0.1) is 34.8 Å². The van der Waals surface area contributed by atoms with E-state index >= 15 is 0 Å². The lowest BCUT2D eigenvalue weighted by atomic mass is 10.1. The summed E-state index contributed by atoms with van der Waals surface area (Å²) in [6.07, 6.45) is -1.46. The van der Waals surface area contributed by atoms with Crippen molar-refractivity contribution in [3.05, 3.63) is 69.2 Å². The number of fused-ring (bicyclic) bond motifs is 1. The zero-order valence-electron chi connectivity index (χ0n) is 22.4. The number of likely N-dealkylation sites (tertiary alicyclic amines) is 1. The van der Waals surface area contributed by atoms with Gasteiger partial charge in [0.2, 0.25) is 0 Å². The molecule has 41 heavy (non-hydrogen) atoms. The molecule has 0 bridgehead atoms. The number of ether oxygens (including phenoxy) is 1. The van der Waals surface area contributed by atoms with Crippen LogP contribution in [-0.2, 0) is 22.3 Å². The van der Waals surface area contributed by atoms with Gasteiger partial charge in [0.15, 0.2) is 0 Å². The number of imide groups is 1. The maximum absolute atomic E-state index is 13.5. The van der Waals surface area contributed by atoms with Crippen LogP contribution in [0.1, 0.15) is 43.9 Å². The third kappa shape index (κ3) is 6.23. The zero-order chi connectivity index (χ0) is 29.7. The number of hydrogen-bond donors (Lipinski definition) is 0. The molecule has 2 aromatic carbocycles. The average molecular weight is 607 g/mol. The Labute approximate surface area is 243 Å². The quantitative estimate of drug-likeness (QED) is 0.304. The van der Waals surface area contributed by atoms with Gasteiger partial charge in [-0.2, -0.15) is 18.3 Å². The van der Waals surface area contributed by atoms with Crippen LogP contribution in [0.3, 0.4) is 0 Å². The SMILES string of the molecule is CC(C)(C)OC(=O)N1CC[C@H](N2C(=O)SC(=Cc3ccc4c(cnn4Cc4ccc(Cl)cc4C(F)(F)F)c3)C2=O)C1. The van der Waals surface area contributed by atoms with Crippen LogP contribution < -0.4 is 0 Å². The Morgan fingerprint density at radius 3 is 2.63 bits per heavy atom. The summed E-state index contributed by atoms with van der Waals surface area (Å²) in [6, 6.07) is 8.35. The second kappa shape index (κ2) is 10.7. The summed E-state index contributed by atoms with van der Waals surface area (Å²) < 4.78 is 47.5. The molecule has 5 rings (SSSR count). The third-order valence-corrected chi connectivity index (χ3v) is 7.78. The number of carbonyl (C=O) groups is 3. The van der Waals surface area contributed by atoms with Gasteiger partial charge in [-0.25, -0.2) is 4.79 Å². The Bertz CT molecular complexity index is 1580. The first-order chi connectivity index (χ1) is 19.2. The highest BCUT2D eigenvalue weighted by Crippen LogP contribution is 2.37. The molecule has 0 saturated carbocycles. The van der Waals surface area contributed by atoms with Crippen LogP contribution >= 0.6 is 23.4 Å². The maximum atomic E-state index is 13.5. The van der Waals surface area contributed by atoms with E-state index in [4.69, 9.17) is 16.3 Å². The fraction of sp³-hybridized carbons (Fsp3) is 0.357. The molecule has 2 saturated heterocycles. The number of thioether (sulfide) groups is 1. The summed E-state index contributed by atoms with van der Waals surface area (Å²) in [5, 5.41) is 4.51. The average Bonchev–Trinajstić information content (AvgIpc) is 3.57. The number of halogens is 4. The number of hydrogen-bond acceptors (Lipinski definition) is 6. The van der Waals surface area contributed by atoms with Gasteiger partial charge >= 0.3 is 12.3 Å². The Morgan fingerprint density at radius 2 is 1.93 bits per heavy atom. The third-order valence-electron chi connectivity index (χ3n) is 6.66. The highest BCUT2D eigenvalue weighted by atomic mass is 35.5. The predicted octanol–water partition coefficient (Wildman–Crippen LogP) is 6.80. The Morgan fingerprint density at radius 1 is 1.17 bits per heavy atom. The molecule has 13 heteroatoms. The Hall–Kier alpha value is -3.51. The molecule has 216 valence electrons. The number of nitrogens with zero attached hydrogens (tertiary/aromatic N) is 4. The fourth-order valence-electron chi connectivity index (χ4n) is 4.82. The molecule has 1 atom stereocenters. The molecule has 2 aliphatic rings. The van der Waals surface area contributed by atoms with Gasteiger partial charge in [-0.15, -0.1) is 0 Å². The van der Waals surface area contributed by atoms with Crippen molar-refractivity contribution >= 4 is 57.6 Å². The summed E-state index contributed by atoms with van der Waals surface area (Å²) in [7, 11) is 0. The van der Waals surface area contributed by atoms with E-state index < -0.39 is 40.6 Å². The molecule has 3 amide bonds. The number of benzene rings is 2. The normalized spacial score (nSPS) is 19.2. The van der Waals surface area contributed by atoms with Crippen LogP contribution in [0, 0.1) is 0 Å². The second-order valence-electron chi connectivity index (χ2n) is 10.8. The Kier molecular flexibility index (Phi) is 7.58. The van der Waals surface area contributed by atoms with Crippen LogP contribution in [0.15, 0.2) is 47.5 Å². The molecule has 0 radical (unpaired) electrons. The van der Waals surface area contributed by atoms with Gasteiger partial charge in [0.1, 0.15) is 5.60 Å². The number of aromatic nitrogens is 2. The fourth-order valence-corrected chi connectivity index (χ4v) is 5.90. The van der Waals surface area contributed by atoms with Crippen molar-refractivity contribution < 1.29 is 32.3 Å². The summed E-state index contributed by atoms with van der Waals surface area (Å²) >= 11 is 6.62. The smallest absolute Gasteiger partial charge is 0.416 e. The van der Waals surface area contributed by atoms with Gasteiger partial charge < -0.3 is 9.64 Å². The van der Waals surface area contributed by atoms with Crippen molar-refractivity contribution in [1.82, 2.24) is 19.6 Å². The molecular formula is C28H26ClF3N4O4S. The van der Waals surface area contributed by atoms with Crippen LogP contribution in [0.5, 0.6) is 0 Å². The minimum atomic E-state index is -4.56. The van der Waals surface area contributed by atoms with Crippen LogP contribution in [0.2, 0.25) is 5.02 Å². The molecule has 0 aliphatic carbocycles. The van der Waals surface area contributed by atoms with E-state index in [1.165, 1.54) is 32.8 Å². The van der Waals surface area contributed by atoms with Crippen molar-refractivity contribution in [3.8, 4) is 0 Å². The summed E-state index contributed by atoms with van der Waals surface area (Å²) in [5.74, 6) is -0.436. The molecule has 2 fully saturated rings. The molecule has 1 aromatic heterocycles. The largest absolute Gasteiger partial charge is 0.444 e. The highest BCUT2D eigenvalue weighted by molar-refractivity contribution is 8.18. The first-order valence-corrected chi connectivity index (χ1v) is 14.0. The number of amides is 3. The maximum Gasteiger partial charge on any atom is 0.416 e. The zero-order valence-corrected chi connectivity index (χ0v) is 23.9. The van der Waals surface area contributed by atoms with Gasteiger partial charge in [-0.3, -0.25) is 19.2 Å². The standard InChI is InChI=1S/C28H26ClF3N4O4S/c1-27(2,3)40-25(38)34-9-8-20(15-34)36-24(37)23(41-26(36)39)11-16-4-7-22-18(10-16)13-33-35(22)14-17-5-6-19(29)12-21(17)28(30,31)32/h4-7,10-13,20H,8-9,14-15H2,1-3H3/t20-/m0/s1. The Balaban J connectivity index is 1.32. The van der Waals surface area contributed by atoms with Crippen molar-refractivity contribution in [3.63, 3.8) is 0 Å². The van der Waals surface area contributed by atoms with Crippen molar-refractivity contribution in [2.75, 3.05) is 13.1 Å². The first kappa shape index (κ1) is 29.0. The summed E-state index contributed by atoms with van der Waals surface area (Å²) in [4.78, 5) is 41.3. The summed E-state index contributed by atoms with van der Waals surface area (Å²) in [6.45, 7) is 5.77. The molecule has 2 aliphatic heterocycles. The van der Waals surface area contributed by atoms with Crippen molar-refractivity contribution in [2.45, 2.75) is 51.6 Å². The predicted molar refractivity (Wildman–Crippen MR) is 149 cm³/mol. The van der Waals surface area contributed by atoms with E-state index in [1.807, 2.05) is 0 Å².